The zero-order chi connectivity index (χ0) is 21.3. The molecular formula is C14H14N6O7S2. The number of β-lactam (4-membered cyclic amide) rings is 1. The number of fused-ring (bicyclic) bond motifs is 1. The molecule has 1 fully saturated rings. The van der Waals surface area contributed by atoms with E-state index >= 15 is 0 Å². The average molecular weight is 442 g/mol. The Hall–Kier alpha value is -3.20. The van der Waals surface area contributed by atoms with Gasteiger partial charge in [-0.2, -0.15) is 9.36 Å². The zero-order valence-corrected chi connectivity index (χ0v) is 16.3. The lowest BCUT2D eigenvalue weighted by Gasteiger charge is -2.48. The third-order valence-electron chi connectivity index (χ3n) is 3.87. The topological polar surface area (TPSA) is 197 Å². The third-order valence-corrected chi connectivity index (χ3v) is 5.60. The van der Waals surface area contributed by atoms with Gasteiger partial charge in [0.1, 0.15) is 17.1 Å². The number of carboxylic acid groups (broad SMARTS) is 2. The molecule has 0 aromatic carbocycles. The van der Waals surface area contributed by atoms with Crippen molar-refractivity contribution in [3.05, 3.63) is 17.6 Å². The van der Waals surface area contributed by atoms with Gasteiger partial charge in [0.2, 0.25) is 17.6 Å². The summed E-state index contributed by atoms with van der Waals surface area (Å²) < 4.78 is 3.85. The molecular weight excluding hydrogens is 428 g/mol. The second-order valence-electron chi connectivity index (χ2n) is 5.76. The van der Waals surface area contributed by atoms with Crippen molar-refractivity contribution in [3.63, 3.8) is 0 Å². The predicted octanol–water partition coefficient (Wildman–Crippen LogP) is -1.32. The van der Waals surface area contributed by atoms with Gasteiger partial charge in [0, 0.05) is 17.3 Å². The van der Waals surface area contributed by atoms with Crippen molar-refractivity contribution in [1.82, 2.24) is 19.6 Å². The van der Waals surface area contributed by atoms with E-state index in [1.165, 1.54) is 24.8 Å². The second-order valence-corrected chi connectivity index (χ2v) is 7.69. The number of nitrogens with two attached hydrogens (primary N) is 1. The van der Waals surface area contributed by atoms with Crippen molar-refractivity contribution in [2.75, 3.05) is 11.5 Å². The highest BCUT2D eigenvalue weighted by Crippen LogP contribution is 2.37. The largest absolute Gasteiger partial charge is 0.478 e. The molecule has 13 nitrogen and oxygen atoms in total. The third kappa shape index (κ3) is 4.00. The Kier molecular flexibility index (Phi) is 5.69. The number of hydrogen-bond donors (Lipinski definition) is 4. The Morgan fingerprint density at radius 2 is 2.17 bits per heavy atom. The van der Waals surface area contributed by atoms with Crippen LogP contribution in [0.5, 0.6) is 0 Å². The quantitative estimate of drug-likeness (QED) is 0.222. The Morgan fingerprint density at radius 3 is 2.76 bits per heavy atom. The van der Waals surface area contributed by atoms with Crippen molar-refractivity contribution in [3.8, 4) is 0 Å². The number of amides is 2. The number of oxime groups is 1. The van der Waals surface area contributed by atoms with E-state index in [-0.39, 0.29) is 16.7 Å². The van der Waals surface area contributed by atoms with Crippen LogP contribution in [-0.4, -0.2) is 77.2 Å². The maximum atomic E-state index is 12.7. The van der Waals surface area contributed by atoms with Crippen molar-refractivity contribution >= 4 is 57.9 Å². The SMILES string of the molecule is CC(ON=C(C(=O)NC1C(=O)N2C(C(=O)O)=CCS[C@@H]12)c1nsc(N)n1)C(=O)O. The molecule has 3 heterocycles. The average Bonchev–Trinajstić information content (AvgIpc) is 3.10. The van der Waals surface area contributed by atoms with Crippen LogP contribution in [-0.2, 0) is 24.0 Å². The number of carbonyl (C=O) groups is 4. The highest BCUT2D eigenvalue weighted by Gasteiger charge is 2.53. The molecule has 2 amide bonds. The summed E-state index contributed by atoms with van der Waals surface area (Å²) in [4.78, 5) is 56.9. The van der Waals surface area contributed by atoms with Crippen LogP contribution in [0.3, 0.4) is 0 Å². The van der Waals surface area contributed by atoms with Gasteiger partial charge in [0.15, 0.2) is 5.13 Å². The number of thioether (sulfide) groups is 1. The summed E-state index contributed by atoms with van der Waals surface area (Å²) in [7, 11) is 0. The maximum absolute atomic E-state index is 12.7. The molecule has 5 N–H and O–H groups in total. The first-order valence-corrected chi connectivity index (χ1v) is 9.78. The molecule has 2 aliphatic rings. The maximum Gasteiger partial charge on any atom is 0.352 e. The van der Waals surface area contributed by atoms with Crippen LogP contribution in [0, 0.1) is 0 Å². The Balaban J connectivity index is 1.78. The first-order valence-electron chi connectivity index (χ1n) is 7.96. The molecule has 1 saturated heterocycles. The lowest BCUT2D eigenvalue weighted by atomic mass is 10.0. The van der Waals surface area contributed by atoms with Gasteiger partial charge in [-0.1, -0.05) is 5.16 Å². The molecule has 2 unspecified atom stereocenters. The van der Waals surface area contributed by atoms with E-state index in [1.54, 1.807) is 0 Å². The first-order chi connectivity index (χ1) is 13.7. The number of carboxylic acids is 2. The standard InChI is InChI=1S/C14H14N6O7S2/c1-4(12(23)24)27-18-6(8-17-14(15)29-19-8)9(21)16-7-10(22)20-5(13(25)26)2-3-28-11(7)20/h2,4,7,11H,3H2,1H3,(H,16,21)(H,23,24)(H,25,26)(H2,15,17,19)/t4?,7?,11-/m0/s1. The molecule has 3 rings (SSSR count). The molecule has 0 aliphatic carbocycles. The minimum Gasteiger partial charge on any atom is -0.478 e. The fourth-order valence-electron chi connectivity index (χ4n) is 2.44. The lowest BCUT2D eigenvalue weighted by molar-refractivity contribution is -0.150. The number of carbonyl (C=O) groups excluding carboxylic acids is 2. The minimum absolute atomic E-state index is 0.0387. The molecule has 1 aromatic rings. The number of anilines is 1. The smallest absolute Gasteiger partial charge is 0.352 e. The van der Waals surface area contributed by atoms with E-state index in [0.717, 1.165) is 16.4 Å². The predicted molar refractivity (Wildman–Crippen MR) is 99.8 cm³/mol. The molecule has 0 spiro atoms. The fourth-order valence-corrected chi connectivity index (χ4v) is 4.07. The highest BCUT2D eigenvalue weighted by atomic mass is 32.2. The van der Waals surface area contributed by atoms with Crippen LogP contribution in [0.2, 0.25) is 0 Å². The molecule has 15 heteroatoms. The van der Waals surface area contributed by atoms with Gasteiger partial charge >= 0.3 is 11.9 Å². The van der Waals surface area contributed by atoms with Crippen LogP contribution in [0.1, 0.15) is 12.7 Å². The summed E-state index contributed by atoms with van der Waals surface area (Å²) in [5.41, 5.74) is 4.90. The van der Waals surface area contributed by atoms with Crippen molar-refractivity contribution in [2.45, 2.75) is 24.4 Å². The van der Waals surface area contributed by atoms with E-state index < -0.39 is 47.0 Å². The molecule has 0 saturated carbocycles. The Morgan fingerprint density at radius 1 is 1.45 bits per heavy atom. The summed E-state index contributed by atoms with van der Waals surface area (Å²) >= 11 is 2.06. The Bertz CT molecular complexity index is 945. The van der Waals surface area contributed by atoms with Crippen LogP contribution in [0.4, 0.5) is 5.13 Å². The van der Waals surface area contributed by atoms with Crippen molar-refractivity contribution in [1.29, 1.82) is 0 Å². The highest BCUT2D eigenvalue weighted by molar-refractivity contribution is 8.00. The van der Waals surface area contributed by atoms with Crippen molar-refractivity contribution in [2.24, 2.45) is 5.16 Å². The summed E-state index contributed by atoms with van der Waals surface area (Å²) in [5, 5.41) is 23.5. The summed E-state index contributed by atoms with van der Waals surface area (Å²) in [6.07, 6.45) is 0.0573. The van der Waals surface area contributed by atoms with Crippen molar-refractivity contribution < 1.29 is 34.2 Å². The number of rotatable bonds is 7. The number of nitrogens with one attached hydrogen (secondary N) is 1. The number of aromatic nitrogens is 2. The molecule has 0 bridgehead atoms. The van der Waals surface area contributed by atoms with Gasteiger partial charge in [-0.05, 0) is 13.0 Å². The number of nitrogens with zero attached hydrogens (tertiary/aromatic N) is 4. The van der Waals surface area contributed by atoms with Gasteiger partial charge in [0.25, 0.3) is 11.8 Å². The lowest BCUT2D eigenvalue weighted by Crippen LogP contribution is -2.70. The van der Waals surface area contributed by atoms with Gasteiger partial charge in [-0.15, -0.1) is 11.8 Å². The molecule has 1 aromatic heterocycles. The summed E-state index contributed by atoms with van der Waals surface area (Å²) in [6.45, 7) is 1.20. The normalized spacial score (nSPS) is 22.1. The Labute approximate surface area is 170 Å². The van der Waals surface area contributed by atoms with Crippen LogP contribution in [0.25, 0.3) is 0 Å². The summed E-state index contributed by atoms with van der Waals surface area (Å²) in [5.74, 6) is -3.90. The van der Waals surface area contributed by atoms with E-state index in [0.29, 0.717) is 5.75 Å². The monoisotopic (exact) mass is 442 g/mol. The van der Waals surface area contributed by atoms with E-state index in [4.69, 9.17) is 15.7 Å². The molecule has 0 radical (unpaired) electrons. The van der Waals surface area contributed by atoms with E-state index in [9.17, 15) is 24.3 Å². The van der Waals surface area contributed by atoms with Gasteiger partial charge in [-0.25, -0.2) is 9.59 Å². The molecule has 2 aliphatic heterocycles. The second kappa shape index (κ2) is 8.04. The zero-order valence-electron chi connectivity index (χ0n) is 14.6. The number of hydrogen-bond acceptors (Lipinski definition) is 11. The van der Waals surface area contributed by atoms with Gasteiger partial charge in [0.05, 0.1) is 0 Å². The van der Waals surface area contributed by atoms with Gasteiger partial charge < -0.3 is 26.1 Å². The molecule has 3 atom stereocenters. The first kappa shape index (κ1) is 20.5. The van der Waals surface area contributed by atoms with Crippen LogP contribution < -0.4 is 11.1 Å². The van der Waals surface area contributed by atoms with E-state index in [2.05, 4.69) is 19.8 Å². The van der Waals surface area contributed by atoms with Crippen LogP contribution in [0.15, 0.2) is 16.9 Å². The fraction of sp³-hybridized carbons (Fsp3) is 0.357. The number of nitrogen functional groups attached to an aromatic ring is 1. The summed E-state index contributed by atoms with van der Waals surface area (Å²) in [6, 6.07) is -1.01. The van der Waals surface area contributed by atoms with E-state index in [1.807, 2.05) is 0 Å². The van der Waals surface area contributed by atoms with Crippen LogP contribution >= 0.6 is 23.3 Å². The number of aliphatic carboxylic acids is 2. The minimum atomic E-state index is -1.35. The van der Waals surface area contributed by atoms with Gasteiger partial charge in [-0.3, -0.25) is 14.5 Å². The molecule has 154 valence electrons. The molecule has 29 heavy (non-hydrogen) atoms.